The molecule has 1 heterocycles. The second kappa shape index (κ2) is 5.00. The first-order valence-electron chi connectivity index (χ1n) is 6.89. The van der Waals surface area contributed by atoms with E-state index >= 15 is 0 Å². The Morgan fingerprint density at radius 3 is 2.27 bits per heavy atom. The molecular formula is C14H15NO4Si3. The minimum Gasteiger partial charge on any atom is -0.413 e. The van der Waals surface area contributed by atoms with E-state index < -0.39 is 11.6 Å². The molecule has 8 heteroatoms. The SMILES string of the molecule is COn1c2c(c3cccc([SiH3])c3c1=O)=C([SiH3])C(=O)C(=O)C=2[SiH3]. The fraction of sp³-hybridized carbons (Fsp3) is 0.0714. The molecule has 0 N–H and O–H groups in total. The summed E-state index contributed by atoms with van der Waals surface area (Å²) in [5.74, 6) is -0.915. The summed E-state index contributed by atoms with van der Waals surface area (Å²) in [6.07, 6.45) is 0. The van der Waals surface area contributed by atoms with Gasteiger partial charge in [0.1, 0.15) is 7.11 Å². The van der Waals surface area contributed by atoms with E-state index in [-0.39, 0.29) is 5.56 Å². The molecule has 0 unspecified atom stereocenters. The van der Waals surface area contributed by atoms with Crippen LogP contribution in [0.5, 0.6) is 0 Å². The zero-order valence-corrected chi connectivity index (χ0v) is 18.8. The van der Waals surface area contributed by atoms with Gasteiger partial charge in [-0.1, -0.05) is 23.4 Å². The predicted molar refractivity (Wildman–Crippen MR) is 96.2 cm³/mol. The Hall–Kier alpha value is -2.04. The average molecular weight is 346 g/mol. The summed E-state index contributed by atoms with van der Waals surface area (Å²) in [4.78, 5) is 42.4. The molecule has 0 amide bonds. The number of Topliss-reactive ketones (excluding diaryl/α,β-unsaturated/α-hetero) is 2. The van der Waals surface area contributed by atoms with Gasteiger partial charge in [0.15, 0.2) is 0 Å². The van der Waals surface area contributed by atoms with Gasteiger partial charge in [-0.25, -0.2) is 0 Å². The number of carbonyl (C=O) groups is 2. The van der Waals surface area contributed by atoms with Crippen molar-refractivity contribution in [2.24, 2.45) is 0 Å². The van der Waals surface area contributed by atoms with Gasteiger partial charge in [-0.3, -0.25) is 14.4 Å². The van der Waals surface area contributed by atoms with Gasteiger partial charge in [-0.05, 0) is 10.6 Å². The lowest BCUT2D eigenvalue weighted by atomic mass is 10.0. The summed E-state index contributed by atoms with van der Waals surface area (Å²) in [7, 11) is 2.95. The Labute approximate surface area is 134 Å². The first-order valence-corrected chi connectivity index (χ1v) is 9.89. The van der Waals surface area contributed by atoms with Gasteiger partial charge in [-0.15, -0.1) is 4.73 Å². The summed E-state index contributed by atoms with van der Waals surface area (Å²) < 4.78 is 1.18. The monoisotopic (exact) mass is 345 g/mol. The Balaban J connectivity index is 2.87. The largest absolute Gasteiger partial charge is 0.413 e. The Morgan fingerprint density at radius 1 is 1.00 bits per heavy atom. The van der Waals surface area contributed by atoms with Crippen LogP contribution in [0.25, 0.3) is 21.2 Å². The maximum atomic E-state index is 12.8. The summed E-state index contributed by atoms with van der Waals surface area (Å²) in [6.45, 7) is 0. The van der Waals surface area contributed by atoms with E-state index in [1.807, 2.05) is 18.2 Å². The Bertz CT molecular complexity index is 1050. The van der Waals surface area contributed by atoms with Crippen LogP contribution in [0.1, 0.15) is 0 Å². The Morgan fingerprint density at radius 2 is 1.64 bits per heavy atom. The number of fused-ring (bicyclic) bond motifs is 3. The lowest BCUT2D eigenvalue weighted by Crippen LogP contribution is -2.53. The topological polar surface area (TPSA) is 65.4 Å². The minimum atomic E-state index is -0.490. The van der Waals surface area contributed by atoms with Crippen molar-refractivity contribution in [2.75, 3.05) is 7.11 Å². The lowest BCUT2D eigenvalue weighted by molar-refractivity contribution is -0.129. The molecule has 22 heavy (non-hydrogen) atoms. The normalized spacial score (nSPS) is 15.0. The van der Waals surface area contributed by atoms with Crippen molar-refractivity contribution < 1.29 is 14.4 Å². The van der Waals surface area contributed by atoms with Crippen LogP contribution in [-0.4, -0.2) is 54.1 Å². The third-order valence-corrected chi connectivity index (χ3v) is 6.90. The number of pyridine rings is 1. The van der Waals surface area contributed by atoms with Crippen LogP contribution in [-0.2, 0) is 9.59 Å². The molecule has 1 aliphatic carbocycles. The summed E-state index contributed by atoms with van der Waals surface area (Å²) >= 11 is 0. The molecule has 1 aromatic heterocycles. The second-order valence-electron chi connectivity index (χ2n) is 5.41. The molecule has 0 spiro atoms. The van der Waals surface area contributed by atoms with Crippen LogP contribution < -0.4 is 26.2 Å². The highest BCUT2D eigenvalue weighted by atomic mass is 28.2. The van der Waals surface area contributed by atoms with Crippen molar-refractivity contribution in [3.05, 3.63) is 39.1 Å². The van der Waals surface area contributed by atoms with Crippen molar-refractivity contribution in [1.29, 1.82) is 0 Å². The molecule has 0 aliphatic heterocycles. The Kier molecular flexibility index (Phi) is 3.38. The predicted octanol–water partition coefficient (Wildman–Crippen LogP) is -5.85. The van der Waals surface area contributed by atoms with Gasteiger partial charge in [-0.2, -0.15) is 0 Å². The summed E-state index contributed by atoms with van der Waals surface area (Å²) in [5, 5.41) is 4.44. The molecule has 3 rings (SSSR count). The van der Waals surface area contributed by atoms with Gasteiger partial charge >= 0.3 is 0 Å². The number of benzene rings is 1. The fourth-order valence-electron chi connectivity index (χ4n) is 3.05. The molecule has 0 atom stereocenters. The first kappa shape index (κ1) is 14.9. The first-order chi connectivity index (χ1) is 10.4. The van der Waals surface area contributed by atoms with E-state index in [1.54, 1.807) is 0 Å². The molecule has 112 valence electrons. The molecule has 1 aromatic carbocycles. The van der Waals surface area contributed by atoms with Gasteiger partial charge in [0.2, 0.25) is 11.6 Å². The third-order valence-electron chi connectivity index (χ3n) is 4.18. The molecule has 1 aliphatic rings. The maximum absolute atomic E-state index is 12.8. The van der Waals surface area contributed by atoms with Crippen LogP contribution in [0.2, 0.25) is 0 Å². The molecule has 0 saturated heterocycles. The van der Waals surface area contributed by atoms with Crippen LogP contribution in [0.3, 0.4) is 0 Å². The third kappa shape index (κ3) is 1.77. The van der Waals surface area contributed by atoms with Gasteiger partial charge in [0.05, 0.1) is 5.35 Å². The average Bonchev–Trinajstić information content (AvgIpc) is 2.50. The van der Waals surface area contributed by atoms with Crippen molar-refractivity contribution in [3.63, 3.8) is 0 Å². The van der Waals surface area contributed by atoms with E-state index in [9.17, 15) is 14.4 Å². The number of rotatable bonds is 1. The fourth-order valence-corrected chi connectivity index (χ4v) is 5.14. The minimum absolute atomic E-state index is 0.258. The smallest absolute Gasteiger partial charge is 0.291 e. The van der Waals surface area contributed by atoms with Crippen molar-refractivity contribution in [3.8, 4) is 0 Å². The van der Waals surface area contributed by atoms with E-state index in [0.717, 1.165) is 15.8 Å². The lowest BCUT2D eigenvalue weighted by Gasteiger charge is -2.16. The number of hydrogen-bond acceptors (Lipinski definition) is 4. The van der Waals surface area contributed by atoms with Crippen molar-refractivity contribution in [1.82, 2.24) is 4.73 Å². The van der Waals surface area contributed by atoms with Crippen LogP contribution in [0.15, 0.2) is 23.0 Å². The van der Waals surface area contributed by atoms with Gasteiger partial charge in [0.25, 0.3) is 5.56 Å². The number of nitrogens with zero attached hydrogens (tertiary/aromatic N) is 1. The van der Waals surface area contributed by atoms with E-state index in [4.69, 9.17) is 4.84 Å². The maximum Gasteiger partial charge on any atom is 0.291 e. The molecule has 0 fully saturated rings. The van der Waals surface area contributed by atoms with Crippen LogP contribution in [0.4, 0.5) is 0 Å². The summed E-state index contributed by atoms with van der Waals surface area (Å²) in [6, 6.07) is 5.66. The van der Waals surface area contributed by atoms with E-state index in [0.29, 0.717) is 51.9 Å². The van der Waals surface area contributed by atoms with Crippen molar-refractivity contribution in [2.45, 2.75) is 0 Å². The van der Waals surface area contributed by atoms with E-state index in [2.05, 4.69) is 0 Å². The number of aromatic nitrogens is 1. The van der Waals surface area contributed by atoms with Crippen LogP contribution in [0, 0.1) is 0 Å². The zero-order valence-electron chi connectivity index (χ0n) is 12.8. The highest BCUT2D eigenvalue weighted by molar-refractivity contribution is 6.82. The molecule has 0 radical (unpaired) electrons. The number of hydrogen-bond donors (Lipinski definition) is 0. The van der Waals surface area contributed by atoms with Gasteiger partial charge in [0, 0.05) is 46.5 Å². The number of ketones is 2. The molecule has 0 bridgehead atoms. The quantitative estimate of drug-likeness (QED) is 0.381. The van der Waals surface area contributed by atoms with E-state index in [1.165, 1.54) is 11.8 Å². The summed E-state index contributed by atoms with van der Waals surface area (Å²) in [5.41, 5.74) is -0.258. The van der Waals surface area contributed by atoms with Crippen molar-refractivity contribution >= 4 is 68.6 Å². The second-order valence-corrected chi connectivity index (χ2v) is 8.49. The van der Waals surface area contributed by atoms with Gasteiger partial charge < -0.3 is 4.84 Å². The molecule has 2 aromatic rings. The molecular weight excluding hydrogens is 330 g/mol. The van der Waals surface area contributed by atoms with Crippen LogP contribution >= 0.6 is 0 Å². The highest BCUT2D eigenvalue weighted by Crippen LogP contribution is 2.06. The zero-order chi connectivity index (χ0) is 16.2. The molecule has 0 saturated carbocycles. The number of carbonyl (C=O) groups excluding carboxylic acids is 2. The standard InChI is InChI=1S/C14H15NO4Si3/c1-19-15-9-8(12(21)10(16)11(17)13(9)22)5-3-2-4-6(20)7(5)14(15)18/h2-4H,1,20-22H3. The molecule has 5 nitrogen and oxygen atoms in total. The highest BCUT2D eigenvalue weighted by Gasteiger charge is 2.27.